The number of carbonyl (C=O) groups excluding carboxylic acids is 1. The lowest BCUT2D eigenvalue weighted by molar-refractivity contribution is -0.121. The lowest BCUT2D eigenvalue weighted by Crippen LogP contribution is -2.30. The van der Waals surface area contributed by atoms with Gasteiger partial charge in [0.05, 0.1) is 20.3 Å². The van der Waals surface area contributed by atoms with E-state index >= 15 is 0 Å². The molecule has 0 spiro atoms. The fourth-order valence-corrected chi connectivity index (χ4v) is 3.62. The van der Waals surface area contributed by atoms with Gasteiger partial charge in [-0.1, -0.05) is 12.1 Å². The van der Waals surface area contributed by atoms with E-state index in [1.165, 1.54) is 19.2 Å². The minimum Gasteiger partial charge on any atom is -0.497 e. The van der Waals surface area contributed by atoms with Crippen molar-refractivity contribution in [3.63, 3.8) is 0 Å². The van der Waals surface area contributed by atoms with Crippen LogP contribution in [-0.2, 0) is 4.79 Å². The quantitative estimate of drug-likeness (QED) is 0.678. The van der Waals surface area contributed by atoms with E-state index in [-0.39, 0.29) is 24.1 Å². The van der Waals surface area contributed by atoms with Gasteiger partial charge in [0.25, 0.3) is 0 Å². The van der Waals surface area contributed by atoms with E-state index in [4.69, 9.17) is 9.47 Å². The van der Waals surface area contributed by atoms with Crippen molar-refractivity contribution in [3.05, 3.63) is 59.4 Å². The lowest BCUT2D eigenvalue weighted by atomic mass is 9.96. The summed E-state index contributed by atoms with van der Waals surface area (Å²) in [5.74, 6) is 1.28. The van der Waals surface area contributed by atoms with Crippen LogP contribution < -0.4 is 20.1 Å². The van der Waals surface area contributed by atoms with Gasteiger partial charge in [0.1, 0.15) is 17.3 Å². The Balaban J connectivity index is 0.00000300. The van der Waals surface area contributed by atoms with E-state index in [1.54, 1.807) is 13.2 Å². The molecule has 2 N–H and O–H groups in total. The van der Waals surface area contributed by atoms with Gasteiger partial charge in [-0.25, -0.2) is 4.39 Å². The standard InChI is InChI=1S/C22H27FN2O3.ClH/c1-27-18-5-3-4-16(12-18)22(19-13-17(23)7-8-20(19)28-2)25-21(26)9-6-15-10-11-24-14-15;/h3-5,7-8,12-13,15,22,24H,6,9-11,14H2,1-2H3,(H,25,26);1H. The Labute approximate surface area is 177 Å². The minimum absolute atomic E-state index is 0. The average molecular weight is 423 g/mol. The molecule has 0 saturated carbocycles. The molecule has 1 aliphatic heterocycles. The first-order valence-electron chi connectivity index (χ1n) is 9.58. The number of ether oxygens (including phenoxy) is 2. The highest BCUT2D eigenvalue weighted by molar-refractivity contribution is 5.85. The maximum atomic E-state index is 14.0. The number of hydrogen-bond acceptors (Lipinski definition) is 4. The fourth-order valence-electron chi connectivity index (χ4n) is 3.62. The maximum absolute atomic E-state index is 14.0. The molecule has 1 amide bonds. The van der Waals surface area contributed by atoms with Gasteiger partial charge < -0.3 is 20.1 Å². The number of methoxy groups -OCH3 is 2. The zero-order valence-corrected chi connectivity index (χ0v) is 17.6. The minimum atomic E-state index is -0.532. The summed E-state index contributed by atoms with van der Waals surface area (Å²) in [7, 11) is 3.12. The predicted octanol–water partition coefficient (Wildman–Crippen LogP) is 3.86. The second-order valence-electron chi connectivity index (χ2n) is 7.06. The van der Waals surface area contributed by atoms with E-state index in [9.17, 15) is 9.18 Å². The Morgan fingerprint density at radius 2 is 2.07 bits per heavy atom. The van der Waals surface area contributed by atoms with Crippen LogP contribution in [0.15, 0.2) is 42.5 Å². The van der Waals surface area contributed by atoms with E-state index < -0.39 is 6.04 Å². The topological polar surface area (TPSA) is 59.6 Å². The molecule has 2 aromatic carbocycles. The zero-order chi connectivity index (χ0) is 19.9. The molecule has 2 aromatic rings. The third-order valence-corrected chi connectivity index (χ3v) is 5.18. The van der Waals surface area contributed by atoms with Crippen LogP contribution in [0.5, 0.6) is 11.5 Å². The molecule has 0 radical (unpaired) electrons. The molecule has 1 heterocycles. The largest absolute Gasteiger partial charge is 0.497 e. The van der Waals surface area contributed by atoms with Gasteiger partial charge in [0.15, 0.2) is 0 Å². The van der Waals surface area contributed by atoms with Crippen molar-refractivity contribution < 1.29 is 18.7 Å². The first kappa shape index (κ1) is 23.0. The van der Waals surface area contributed by atoms with Gasteiger partial charge in [-0.3, -0.25) is 4.79 Å². The van der Waals surface area contributed by atoms with Gasteiger partial charge in [0, 0.05) is 12.0 Å². The molecule has 0 bridgehead atoms. The van der Waals surface area contributed by atoms with Crippen LogP contribution in [0.1, 0.15) is 36.4 Å². The Morgan fingerprint density at radius 3 is 2.76 bits per heavy atom. The average Bonchev–Trinajstić information content (AvgIpc) is 3.24. The highest BCUT2D eigenvalue weighted by atomic mass is 35.5. The number of hydrogen-bond donors (Lipinski definition) is 2. The molecular formula is C22H28ClFN2O3. The Bertz CT molecular complexity index is 812. The number of amides is 1. The van der Waals surface area contributed by atoms with Crippen LogP contribution in [0.2, 0.25) is 0 Å². The van der Waals surface area contributed by atoms with Crippen molar-refractivity contribution >= 4 is 18.3 Å². The highest BCUT2D eigenvalue weighted by Gasteiger charge is 2.23. The molecule has 29 heavy (non-hydrogen) atoms. The molecule has 3 rings (SSSR count). The lowest BCUT2D eigenvalue weighted by Gasteiger charge is -2.23. The van der Waals surface area contributed by atoms with Crippen molar-refractivity contribution in [1.82, 2.24) is 10.6 Å². The van der Waals surface area contributed by atoms with E-state index in [0.29, 0.717) is 29.4 Å². The van der Waals surface area contributed by atoms with Crippen LogP contribution in [0.3, 0.4) is 0 Å². The molecule has 1 saturated heterocycles. The molecule has 2 atom stereocenters. The van der Waals surface area contributed by atoms with Crippen molar-refractivity contribution in [2.24, 2.45) is 5.92 Å². The Morgan fingerprint density at radius 1 is 1.24 bits per heavy atom. The summed E-state index contributed by atoms with van der Waals surface area (Å²) in [5, 5.41) is 6.38. The summed E-state index contributed by atoms with van der Waals surface area (Å²) < 4.78 is 24.7. The molecule has 158 valence electrons. The molecular weight excluding hydrogens is 395 g/mol. The van der Waals surface area contributed by atoms with Gasteiger partial charge in [-0.05, 0) is 67.7 Å². The van der Waals surface area contributed by atoms with Crippen LogP contribution >= 0.6 is 12.4 Å². The number of nitrogens with one attached hydrogen (secondary N) is 2. The molecule has 7 heteroatoms. The van der Waals surface area contributed by atoms with Crippen molar-refractivity contribution in [1.29, 1.82) is 0 Å². The second kappa shape index (κ2) is 11.0. The van der Waals surface area contributed by atoms with Gasteiger partial charge in [-0.15, -0.1) is 12.4 Å². The predicted molar refractivity (Wildman–Crippen MR) is 113 cm³/mol. The number of carbonyl (C=O) groups is 1. The Kier molecular flexibility index (Phi) is 8.73. The second-order valence-corrected chi connectivity index (χ2v) is 7.06. The summed E-state index contributed by atoms with van der Waals surface area (Å²) in [5.41, 5.74) is 1.38. The fraction of sp³-hybridized carbons (Fsp3) is 0.409. The summed E-state index contributed by atoms with van der Waals surface area (Å²) in [6, 6.07) is 11.2. The van der Waals surface area contributed by atoms with Crippen molar-refractivity contribution in [2.45, 2.75) is 25.3 Å². The third-order valence-electron chi connectivity index (χ3n) is 5.18. The summed E-state index contributed by atoms with van der Waals surface area (Å²) in [4.78, 5) is 12.7. The number of benzene rings is 2. The number of rotatable bonds is 8. The van der Waals surface area contributed by atoms with E-state index in [2.05, 4.69) is 10.6 Å². The maximum Gasteiger partial charge on any atom is 0.220 e. The molecule has 0 aromatic heterocycles. The van der Waals surface area contributed by atoms with Crippen LogP contribution in [0.25, 0.3) is 0 Å². The zero-order valence-electron chi connectivity index (χ0n) is 16.7. The monoisotopic (exact) mass is 422 g/mol. The first-order valence-corrected chi connectivity index (χ1v) is 9.58. The summed E-state index contributed by atoms with van der Waals surface area (Å²) in [6.45, 7) is 1.98. The molecule has 5 nitrogen and oxygen atoms in total. The van der Waals surface area contributed by atoms with Crippen molar-refractivity contribution in [3.8, 4) is 11.5 Å². The van der Waals surface area contributed by atoms with Crippen molar-refractivity contribution in [2.75, 3.05) is 27.3 Å². The van der Waals surface area contributed by atoms with E-state index in [0.717, 1.165) is 31.5 Å². The van der Waals surface area contributed by atoms with Crippen LogP contribution in [0, 0.1) is 11.7 Å². The molecule has 1 fully saturated rings. The van der Waals surface area contributed by atoms with Gasteiger partial charge in [0.2, 0.25) is 5.91 Å². The SMILES string of the molecule is COc1cccc(C(NC(=O)CCC2CCNC2)c2cc(F)ccc2OC)c1.Cl. The van der Waals surface area contributed by atoms with Crippen LogP contribution in [0.4, 0.5) is 4.39 Å². The summed E-state index contributed by atoms with van der Waals surface area (Å²) in [6.07, 6.45) is 2.37. The van der Waals surface area contributed by atoms with Crippen LogP contribution in [-0.4, -0.2) is 33.2 Å². The van der Waals surface area contributed by atoms with E-state index in [1.807, 2.05) is 24.3 Å². The van der Waals surface area contributed by atoms with Gasteiger partial charge in [-0.2, -0.15) is 0 Å². The molecule has 0 aliphatic carbocycles. The molecule has 1 aliphatic rings. The smallest absolute Gasteiger partial charge is 0.220 e. The summed E-state index contributed by atoms with van der Waals surface area (Å²) >= 11 is 0. The normalized spacial score (nSPS) is 16.6. The Hall–Kier alpha value is -2.31. The van der Waals surface area contributed by atoms with Gasteiger partial charge >= 0.3 is 0 Å². The molecule has 2 unspecified atom stereocenters. The highest BCUT2D eigenvalue weighted by Crippen LogP contribution is 2.32. The third kappa shape index (κ3) is 6.08. The first-order chi connectivity index (χ1) is 13.6. The number of halogens is 2.